The minimum absolute atomic E-state index is 0.000906. The van der Waals surface area contributed by atoms with Crippen LogP contribution in [0, 0.1) is 11.8 Å². The highest BCUT2D eigenvalue weighted by atomic mass is 32.2. The van der Waals surface area contributed by atoms with Gasteiger partial charge in [0.05, 0.1) is 17.1 Å². The van der Waals surface area contributed by atoms with Gasteiger partial charge in [0.15, 0.2) is 0 Å². The molecular weight excluding hydrogens is 765 g/mol. The second-order valence-corrected chi connectivity index (χ2v) is 18.3. The van der Waals surface area contributed by atoms with Crippen LogP contribution in [0.1, 0.15) is 97.2 Å². The van der Waals surface area contributed by atoms with Crippen molar-refractivity contribution in [3.8, 4) is 0 Å². The Morgan fingerprint density at radius 2 is 1.14 bits per heavy atom. The summed E-state index contributed by atoms with van der Waals surface area (Å²) in [5.41, 5.74) is 2.06. The van der Waals surface area contributed by atoms with Gasteiger partial charge in [0.1, 0.15) is 0 Å². The molecule has 1 saturated carbocycles. The van der Waals surface area contributed by atoms with Crippen LogP contribution in [0.2, 0.25) is 0 Å². The Labute approximate surface area is 350 Å². The molecule has 7 rings (SSSR count). The fourth-order valence-corrected chi connectivity index (χ4v) is 8.59. The fraction of sp³-hybridized carbons (Fsp3) is 0.595. The van der Waals surface area contributed by atoms with Gasteiger partial charge >= 0.3 is 0 Å². The number of sulfonamides is 1. The maximum Gasteiger partial charge on any atom is 0.240 e. The first-order chi connectivity index (χ1) is 28.5. The first-order valence-electron chi connectivity index (χ1n) is 21.5. The highest BCUT2D eigenvalue weighted by Crippen LogP contribution is 2.30. The van der Waals surface area contributed by atoms with Crippen molar-refractivity contribution >= 4 is 45.7 Å². The lowest BCUT2D eigenvalue weighted by molar-refractivity contribution is 0.284. The average molecular weight is 829 g/mol. The molecule has 0 spiro atoms. The van der Waals surface area contributed by atoms with Gasteiger partial charge in [-0.1, -0.05) is 39.0 Å². The average Bonchev–Trinajstić information content (AvgIpc) is 3.99. The molecule has 1 aromatic carbocycles. The Kier molecular flexibility index (Phi) is 15.4. The van der Waals surface area contributed by atoms with Crippen molar-refractivity contribution in [2.24, 2.45) is 11.8 Å². The van der Waals surface area contributed by atoms with Crippen molar-refractivity contribution in [1.82, 2.24) is 39.6 Å². The normalized spacial score (nSPS) is 18.3. The maximum absolute atomic E-state index is 12.9. The molecule has 2 aliphatic heterocycles. The van der Waals surface area contributed by atoms with Gasteiger partial charge in [0.25, 0.3) is 0 Å². The van der Waals surface area contributed by atoms with E-state index in [2.05, 4.69) is 76.5 Å². The van der Waals surface area contributed by atoms with Crippen molar-refractivity contribution < 1.29 is 8.42 Å². The van der Waals surface area contributed by atoms with E-state index >= 15 is 0 Å². The number of anilines is 6. The molecule has 0 radical (unpaired) electrons. The molecule has 59 heavy (non-hydrogen) atoms. The van der Waals surface area contributed by atoms with Crippen LogP contribution in [0.25, 0.3) is 0 Å². The van der Waals surface area contributed by atoms with E-state index in [4.69, 9.17) is 15.0 Å². The van der Waals surface area contributed by atoms with Gasteiger partial charge in [-0.15, -0.1) is 0 Å². The van der Waals surface area contributed by atoms with Crippen molar-refractivity contribution in [2.45, 2.75) is 103 Å². The van der Waals surface area contributed by atoms with Gasteiger partial charge in [-0.25, -0.2) is 13.1 Å². The summed E-state index contributed by atoms with van der Waals surface area (Å²) in [7, 11) is -3.50. The van der Waals surface area contributed by atoms with Crippen LogP contribution in [0.3, 0.4) is 0 Å². The first-order valence-corrected chi connectivity index (χ1v) is 22.9. The Morgan fingerprint density at radius 3 is 1.63 bits per heavy atom. The molecule has 0 bridgehead atoms. The quantitative estimate of drug-likeness (QED) is 0.0844. The second kappa shape index (κ2) is 20.9. The molecule has 0 atom stereocenters. The van der Waals surface area contributed by atoms with E-state index in [9.17, 15) is 8.42 Å². The molecule has 3 fully saturated rings. The van der Waals surface area contributed by atoms with Gasteiger partial charge in [0.2, 0.25) is 45.7 Å². The summed E-state index contributed by atoms with van der Waals surface area (Å²) >= 11 is 0. The van der Waals surface area contributed by atoms with Crippen LogP contribution in [-0.4, -0.2) is 95.7 Å². The van der Waals surface area contributed by atoms with E-state index in [0.717, 1.165) is 94.7 Å². The number of aromatic nitrogens is 7. The van der Waals surface area contributed by atoms with Crippen molar-refractivity contribution in [3.05, 3.63) is 59.9 Å². The van der Waals surface area contributed by atoms with Gasteiger partial charge in [-0.05, 0) is 112 Å². The lowest BCUT2D eigenvalue weighted by atomic mass is 9.82. The minimum atomic E-state index is -3.50. The van der Waals surface area contributed by atoms with Crippen LogP contribution in [0.15, 0.2) is 53.6 Å². The van der Waals surface area contributed by atoms with Crippen LogP contribution in [0.4, 0.5) is 35.7 Å². The zero-order chi connectivity index (χ0) is 41.7. The number of rotatable bonds is 16. The Hall–Kier alpha value is -4.90. The highest BCUT2D eigenvalue weighted by molar-refractivity contribution is 7.89. The summed E-state index contributed by atoms with van der Waals surface area (Å²) in [6.07, 6.45) is 10.7. The number of benzene rings is 1. The zero-order valence-electron chi connectivity index (χ0n) is 35.5. The zero-order valence-corrected chi connectivity index (χ0v) is 36.4. The lowest BCUT2D eigenvalue weighted by Gasteiger charge is -2.29. The summed E-state index contributed by atoms with van der Waals surface area (Å²) in [6, 6.07) is 13.1. The molecule has 1 aliphatic carbocycles. The smallest absolute Gasteiger partial charge is 0.240 e. The van der Waals surface area contributed by atoms with Gasteiger partial charge < -0.3 is 31.1 Å². The van der Waals surface area contributed by atoms with E-state index < -0.39 is 10.0 Å². The molecule has 2 saturated heterocycles. The molecule has 16 nitrogen and oxygen atoms in total. The molecular formula is C42H64N14O2S. The Balaban J connectivity index is 0.000000246. The molecule has 5 heterocycles. The highest BCUT2D eigenvalue weighted by Gasteiger charge is 2.26. The van der Waals surface area contributed by atoms with Crippen molar-refractivity contribution in [3.63, 3.8) is 0 Å². The second-order valence-electron chi connectivity index (χ2n) is 16.6. The van der Waals surface area contributed by atoms with Crippen molar-refractivity contribution in [2.75, 3.05) is 83.4 Å². The van der Waals surface area contributed by atoms with Gasteiger partial charge in [-0.3, -0.25) is 4.98 Å². The molecule has 5 N–H and O–H groups in total. The molecule has 3 aliphatic rings. The SMILES string of the molecule is CC(C)(C)c1ccc(S(=O)(=O)NCC2CCC(CNc3nc(N4CCCC4)nc(N4CCCC4)n3)CC2)cc1.CCNc1nc(NCC)nc(NCc2ccccn2)n1. The number of hydrogen-bond donors (Lipinski definition) is 5. The van der Waals surface area contributed by atoms with Crippen LogP contribution >= 0.6 is 0 Å². The Morgan fingerprint density at radius 1 is 0.627 bits per heavy atom. The summed E-state index contributed by atoms with van der Waals surface area (Å²) in [6.45, 7) is 17.8. The minimum Gasteiger partial charge on any atom is -0.354 e. The first kappa shape index (κ1) is 43.7. The van der Waals surface area contributed by atoms with E-state index in [1.165, 1.54) is 25.7 Å². The Bertz CT molecular complexity index is 1940. The van der Waals surface area contributed by atoms with E-state index in [-0.39, 0.29) is 5.41 Å². The fourth-order valence-electron chi connectivity index (χ4n) is 7.47. The number of hydrogen-bond acceptors (Lipinski definition) is 15. The van der Waals surface area contributed by atoms with Crippen LogP contribution in [0.5, 0.6) is 0 Å². The predicted octanol–water partition coefficient (Wildman–Crippen LogP) is 6.31. The van der Waals surface area contributed by atoms with E-state index in [1.807, 2.05) is 44.2 Å². The third-order valence-electron chi connectivity index (χ3n) is 11.0. The lowest BCUT2D eigenvalue weighted by Crippen LogP contribution is -2.32. The van der Waals surface area contributed by atoms with Crippen molar-refractivity contribution in [1.29, 1.82) is 0 Å². The molecule has 4 aromatic rings. The molecule has 320 valence electrons. The third-order valence-corrected chi connectivity index (χ3v) is 12.4. The molecule has 3 aromatic heterocycles. The van der Waals surface area contributed by atoms with Gasteiger partial charge in [0, 0.05) is 58.6 Å². The third kappa shape index (κ3) is 13.0. The van der Waals surface area contributed by atoms with E-state index in [1.54, 1.807) is 18.3 Å². The summed E-state index contributed by atoms with van der Waals surface area (Å²) < 4.78 is 28.6. The number of nitrogens with one attached hydrogen (secondary N) is 5. The summed E-state index contributed by atoms with van der Waals surface area (Å²) in [4.78, 5) is 36.4. The summed E-state index contributed by atoms with van der Waals surface area (Å²) in [5, 5.41) is 12.9. The topological polar surface area (TPSA) is 191 Å². The van der Waals surface area contributed by atoms with E-state index in [0.29, 0.717) is 53.6 Å². The molecule has 0 unspecified atom stereocenters. The predicted molar refractivity (Wildman–Crippen MR) is 237 cm³/mol. The van der Waals surface area contributed by atoms with Gasteiger partial charge in [-0.2, -0.15) is 29.9 Å². The molecule has 17 heteroatoms. The summed E-state index contributed by atoms with van der Waals surface area (Å²) in [5.74, 6) is 4.82. The number of nitrogens with zero attached hydrogens (tertiary/aromatic N) is 9. The molecule has 0 amide bonds. The van der Waals surface area contributed by atoms with Crippen LogP contribution in [-0.2, 0) is 22.0 Å². The number of pyridine rings is 1. The largest absolute Gasteiger partial charge is 0.354 e. The van der Waals surface area contributed by atoms with Crippen LogP contribution < -0.4 is 35.8 Å². The maximum atomic E-state index is 12.9. The monoisotopic (exact) mass is 829 g/mol. The standard InChI is InChI=1S/C29H45N7O2S.C13H19N7/c1-29(2,3)24-12-14-25(15-13-24)39(37,38)31-21-23-10-8-22(9-11-23)20-30-26-32-27(35-16-4-5-17-35)34-28(33-26)36-18-6-7-19-36;1-3-14-11-18-12(15-4-2)20-13(19-11)17-9-10-7-5-6-8-16-10/h12-15,22-23,31H,4-11,16-21H2,1-3H3,(H,30,32,33,34);5-8H,3-4,9H2,1-2H3,(H3,14,15,17,18,19,20).